The number of nitrogens with zero attached hydrogens (tertiary/aromatic N) is 2. The normalized spacial score (nSPS) is 15.4. The molecule has 134 valence electrons. The van der Waals surface area contributed by atoms with E-state index in [1.807, 2.05) is 32.0 Å². The van der Waals surface area contributed by atoms with Crippen molar-refractivity contribution >= 4 is 29.1 Å². The summed E-state index contributed by atoms with van der Waals surface area (Å²) in [6.07, 6.45) is 0.706. The van der Waals surface area contributed by atoms with E-state index in [9.17, 15) is 14.4 Å². The summed E-state index contributed by atoms with van der Waals surface area (Å²) >= 11 is 0. The van der Waals surface area contributed by atoms with Gasteiger partial charge in [-0.1, -0.05) is 12.1 Å². The molecule has 0 aromatic heterocycles. The van der Waals surface area contributed by atoms with Crippen LogP contribution in [0.15, 0.2) is 23.3 Å². The zero-order chi connectivity index (χ0) is 18.6. The van der Waals surface area contributed by atoms with Crippen molar-refractivity contribution < 1.29 is 14.4 Å². The number of amides is 3. The molecule has 0 saturated heterocycles. The number of hydrazone groups is 1. The second kappa shape index (κ2) is 7.92. The largest absolute Gasteiger partial charge is 0.359 e. The number of carbonyl (C=O) groups is 3. The van der Waals surface area contributed by atoms with Crippen LogP contribution in [0.2, 0.25) is 0 Å². The van der Waals surface area contributed by atoms with Crippen LogP contribution in [-0.2, 0) is 14.4 Å². The van der Waals surface area contributed by atoms with E-state index in [4.69, 9.17) is 0 Å². The highest BCUT2D eigenvalue weighted by Gasteiger charge is 2.27. The fourth-order valence-corrected chi connectivity index (χ4v) is 2.59. The van der Waals surface area contributed by atoms with Gasteiger partial charge < -0.3 is 10.6 Å². The van der Waals surface area contributed by atoms with Gasteiger partial charge in [0.2, 0.25) is 11.8 Å². The molecule has 1 aliphatic heterocycles. The smallest absolute Gasteiger partial charge is 0.267 e. The van der Waals surface area contributed by atoms with Gasteiger partial charge in [0.25, 0.3) is 5.91 Å². The Hall–Kier alpha value is -2.70. The van der Waals surface area contributed by atoms with Crippen molar-refractivity contribution in [3.05, 3.63) is 29.3 Å². The maximum Gasteiger partial charge on any atom is 0.267 e. The number of carbonyl (C=O) groups excluding carboxylic acids is 3. The predicted molar refractivity (Wildman–Crippen MR) is 96.4 cm³/mol. The Morgan fingerprint density at radius 2 is 2.00 bits per heavy atom. The van der Waals surface area contributed by atoms with Gasteiger partial charge in [0.15, 0.2) is 0 Å². The van der Waals surface area contributed by atoms with Crippen molar-refractivity contribution in [2.75, 3.05) is 12.1 Å². The van der Waals surface area contributed by atoms with Crippen LogP contribution >= 0.6 is 0 Å². The maximum absolute atomic E-state index is 12.4. The van der Waals surface area contributed by atoms with Crippen molar-refractivity contribution in [1.82, 2.24) is 10.6 Å². The number of nitrogens with one attached hydrogen (secondary N) is 2. The highest BCUT2D eigenvalue weighted by atomic mass is 16.2. The third-order valence-corrected chi connectivity index (χ3v) is 4.04. The van der Waals surface area contributed by atoms with Gasteiger partial charge in [-0.15, -0.1) is 0 Å². The van der Waals surface area contributed by atoms with E-state index >= 15 is 0 Å². The minimum atomic E-state index is -0.348. The van der Waals surface area contributed by atoms with E-state index in [1.165, 1.54) is 5.01 Å². The van der Waals surface area contributed by atoms with Crippen LogP contribution in [0.5, 0.6) is 0 Å². The summed E-state index contributed by atoms with van der Waals surface area (Å²) in [5.74, 6) is -0.631. The predicted octanol–water partition coefficient (Wildman–Crippen LogP) is 1.43. The van der Waals surface area contributed by atoms with Crippen molar-refractivity contribution in [1.29, 1.82) is 0 Å². The lowest BCUT2D eigenvalue weighted by atomic mass is 10.1. The molecule has 0 aliphatic carbocycles. The molecule has 7 heteroatoms. The molecule has 1 aromatic rings. The Labute approximate surface area is 147 Å². The summed E-state index contributed by atoms with van der Waals surface area (Å²) in [7, 11) is 1.55. The van der Waals surface area contributed by atoms with Gasteiger partial charge in [0, 0.05) is 32.4 Å². The van der Waals surface area contributed by atoms with Crippen LogP contribution in [-0.4, -0.2) is 36.5 Å². The van der Waals surface area contributed by atoms with E-state index < -0.39 is 0 Å². The highest BCUT2D eigenvalue weighted by Crippen LogP contribution is 2.25. The highest BCUT2D eigenvalue weighted by molar-refractivity contribution is 6.40. The Morgan fingerprint density at radius 3 is 2.68 bits per heavy atom. The van der Waals surface area contributed by atoms with Gasteiger partial charge in [-0.2, -0.15) is 5.10 Å². The lowest BCUT2D eigenvalue weighted by molar-refractivity contribution is -0.121. The summed E-state index contributed by atoms with van der Waals surface area (Å²) in [5.41, 5.74) is 2.91. The van der Waals surface area contributed by atoms with Gasteiger partial charge in [0.05, 0.1) is 5.69 Å². The van der Waals surface area contributed by atoms with E-state index in [0.29, 0.717) is 17.8 Å². The zero-order valence-corrected chi connectivity index (χ0v) is 15.0. The van der Waals surface area contributed by atoms with E-state index in [-0.39, 0.29) is 36.6 Å². The first-order valence-corrected chi connectivity index (χ1v) is 8.31. The summed E-state index contributed by atoms with van der Waals surface area (Å²) in [5, 5.41) is 10.9. The monoisotopic (exact) mass is 344 g/mol. The molecule has 1 atom stereocenters. The SMILES string of the molecule is CNC(=O)C[C@H](C)NC(=O)C1=NN(c2cc(C)ccc2C)C(=O)CC1. The van der Waals surface area contributed by atoms with Crippen LogP contribution < -0.4 is 15.6 Å². The molecule has 7 nitrogen and oxygen atoms in total. The van der Waals surface area contributed by atoms with Gasteiger partial charge in [0.1, 0.15) is 5.71 Å². The zero-order valence-electron chi connectivity index (χ0n) is 15.0. The van der Waals surface area contributed by atoms with Crippen molar-refractivity contribution in [2.24, 2.45) is 5.10 Å². The molecule has 25 heavy (non-hydrogen) atoms. The summed E-state index contributed by atoms with van der Waals surface area (Å²) in [4.78, 5) is 36.1. The van der Waals surface area contributed by atoms with Gasteiger partial charge in [-0.3, -0.25) is 14.4 Å². The lowest BCUT2D eigenvalue weighted by Gasteiger charge is -2.25. The third kappa shape index (κ3) is 4.65. The van der Waals surface area contributed by atoms with E-state index in [0.717, 1.165) is 11.1 Å². The minimum Gasteiger partial charge on any atom is -0.359 e. The van der Waals surface area contributed by atoms with Crippen molar-refractivity contribution in [3.63, 3.8) is 0 Å². The molecule has 2 rings (SSSR count). The lowest BCUT2D eigenvalue weighted by Crippen LogP contribution is -2.43. The first-order chi connectivity index (χ1) is 11.8. The second-order valence-corrected chi connectivity index (χ2v) is 6.29. The average Bonchev–Trinajstić information content (AvgIpc) is 2.57. The first-order valence-electron chi connectivity index (χ1n) is 8.31. The molecule has 0 spiro atoms. The molecule has 0 unspecified atom stereocenters. The molecule has 0 fully saturated rings. The van der Waals surface area contributed by atoms with Crippen LogP contribution in [0, 0.1) is 13.8 Å². The Bertz CT molecular complexity index is 727. The topological polar surface area (TPSA) is 90.9 Å². The van der Waals surface area contributed by atoms with E-state index in [1.54, 1.807) is 14.0 Å². The Morgan fingerprint density at radius 1 is 1.28 bits per heavy atom. The van der Waals surface area contributed by atoms with Gasteiger partial charge >= 0.3 is 0 Å². The Balaban J connectivity index is 2.18. The molecule has 0 bridgehead atoms. The minimum absolute atomic E-state index is 0.136. The van der Waals surface area contributed by atoms with Crippen molar-refractivity contribution in [3.8, 4) is 0 Å². The number of hydrogen-bond donors (Lipinski definition) is 2. The van der Waals surface area contributed by atoms with Crippen molar-refractivity contribution in [2.45, 2.75) is 46.1 Å². The summed E-state index contributed by atoms with van der Waals surface area (Å²) in [6.45, 7) is 5.59. The fourth-order valence-electron chi connectivity index (χ4n) is 2.59. The summed E-state index contributed by atoms with van der Waals surface area (Å²) in [6, 6.07) is 5.45. The molecule has 2 N–H and O–H groups in total. The van der Waals surface area contributed by atoms with Crippen LogP contribution in [0.25, 0.3) is 0 Å². The number of aryl methyl sites for hydroxylation is 2. The molecule has 1 aliphatic rings. The van der Waals surface area contributed by atoms with Gasteiger partial charge in [-0.25, -0.2) is 5.01 Å². The first kappa shape index (κ1) is 18.6. The molecule has 1 aromatic carbocycles. The number of rotatable bonds is 5. The second-order valence-electron chi connectivity index (χ2n) is 6.29. The molecule has 1 heterocycles. The van der Waals surface area contributed by atoms with Crippen LogP contribution in [0.4, 0.5) is 5.69 Å². The average molecular weight is 344 g/mol. The van der Waals surface area contributed by atoms with Gasteiger partial charge in [-0.05, 0) is 38.0 Å². The third-order valence-electron chi connectivity index (χ3n) is 4.04. The molecular formula is C18H24N4O3. The van der Waals surface area contributed by atoms with Crippen LogP contribution in [0.1, 0.15) is 37.3 Å². The number of hydrogen-bond acceptors (Lipinski definition) is 4. The standard InChI is InChI=1S/C18H24N4O3/c1-11-5-6-12(2)15(9-11)22-17(24)8-7-14(21-22)18(25)20-13(3)10-16(23)19-4/h5-6,9,13H,7-8,10H2,1-4H3,(H,19,23)(H,20,25)/t13-/m0/s1. The number of anilines is 1. The van der Waals surface area contributed by atoms with Crippen LogP contribution in [0.3, 0.4) is 0 Å². The maximum atomic E-state index is 12.4. The molecule has 0 radical (unpaired) electrons. The van der Waals surface area contributed by atoms with E-state index in [2.05, 4.69) is 15.7 Å². The Kier molecular flexibility index (Phi) is 5.90. The summed E-state index contributed by atoms with van der Waals surface area (Å²) < 4.78 is 0. The molecule has 3 amide bonds. The fraction of sp³-hybridized carbons (Fsp3) is 0.444. The molecular weight excluding hydrogens is 320 g/mol. The number of benzene rings is 1. The quantitative estimate of drug-likeness (QED) is 0.846. The molecule has 0 saturated carbocycles.